The van der Waals surface area contributed by atoms with Crippen LogP contribution in [0.25, 0.3) is 0 Å². The van der Waals surface area contributed by atoms with Crippen LogP contribution in [-0.4, -0.2) is 5.97 Å². The summed E-state index contributed by atoms with van der Waals surface area (Å²) in [4.78, 5) is 12.1. The molecule has 0 aliphatic rings. The number of carbonyl (C=O) groups is 1. The maximum absolute atomic E-state index is 12.1. The fourth-order valence-corrected chi connectivity index (χ4v) is 1.93. The minimum atomic E-state index is -0.311. The average Bonchev–Trinajstić information content (AvgIpc) is 2.41. The molecule has 0 atom stereocenters. The standard InChI is InChI=1S/C18H20O2/c1-12(2)16-10-7-14(4)17(11-16)20-18(19)15-8-5-13(3)6-9-15/h5-12H,1-4H3. The Kier molecular flexibility index (Phi) is 4.23. The fraction of sp³-hybridized carbons (Fsp3) is 0.278. The third-order valence-corrected chi connectivity index (χ3v) is 3.37. The molecule has 0 saturated heterocycles. The molecule has 2 heteroatoms. The number of esters is 1. The van der Waals surface area contributed by atoms with Crippen LogP contribution in [0.15, 0.2) is 42.5 Å². The summed E-state index contributed by atoms with van der Waals surface area (Å²) in [5, 5.41) is 0. The minimum absolute atomic E-state index is 0.311. The smallest absolute Gasteiger partial charge is 0.343 e. The summed E-state index contributed by atoms with van der Waals surface area (Å²) in [7, 11) is 0. The van der Waals surface area contributed by atoms with Crippen LogP contribution in [-0.2, 0) is 0 Å². The summed E-state index contributed by atoms with van der Waals surface area (Å²) in [5.74, 6) is 0.739. The lowest BCUT2D eigenvalue weighted by Crippen LogP contribution is -2.09. The van der Waals surface area contributed by atoms with Crippen molar-refractivity contribution in [1.29, 1.82) is 0 Å². The highest BCUT2D eigenvalue weighted by atomic mass is 16.5. The van der Waals surface area contributed by atoms with E-state index in [-0.39, 0.29) is 5.97 Å². The molecule has 0 saturated carbocycles. The molecule has 0 bridgehead atoms. The molecule has 0 spiro atoms. The van der Waals surface area contributed by atoms with Gasteiger partial charge in [0.1, 0.15) is 5.75 Å². The van der Waals surface area contributed by atoms with E-state index in [0.717, 1.165) is 11.1 Å². The summed E-state index contributed by atoms with van der Waals surface area (Å²) in [6.07, 6.45) is 0. The van der Waals surface area contributed by atoms with Crippen molar-refractivity contribution in [2.45, 2.75) is 33.6 Å². The summed E-state index contributed by atoms with van der Waals surface area (Å²) >= 11 is 0. The van der Waals surface area contributed by atoms with Crippen LogP contribution in [0.4, 0.5) is 0 Å². The van der Waals surface area contributed by atoms with Gasteiger partial charge in [-0.05, 0) is 49.1 Å². The summed E-state index contributed by atoms with van der Waals surface area (Å²) in [5.41, 5.74) is 3.83. The zero-order valence-corrected chi connectivity index (χ0v) is 12.4. The van der Waals surface area contributed by atoms with Crippen molar-refractivity contribution < 1.29 is 9.53 Å². The van der Waals surface area contributed by atoms with E-state index >= 15 is 0 Å². The highest BCUT2D eigenvalue weighted by Gasteiger charge is 2.11. The Labute approximate surface area is 120 Å². The van der Waals surface area contributed by atoms with Gasteiger partial charge in [0, 0.05) is 0 Å². The van der Waals surface area contributed by atoms with Crippen molar-refractivity contribution in [3.05, 3.63) is 64.7 Å². The molecule has 0 amide bonds. The van der Waals surface area contributed by atoms with Crippen molar-refractivity contribution in [2.75, 3.05) is 0 Å². The SMILES string of the molecule is Cc1ccc(C(=O)Oc2cc(C(C)C)ccc2C)cc1. The first-order valence-corrected chi connectivity index (χ1v) is 6.87. The molecule has 0 aromatic heterocycles. The van der Waals surface area contributed by atoms with E-state index in [0.29, 0.717) is 17.2 Å². The van der Waals surface area contributed by atoms with Gasteiger partial charge in [0.2, 0.25) is 0 Å². The summed E-state index contributed by atoms with van der Waals surface area (Å²) < 4.78 is 5.52. The first-order valence-electron chi connectivity index (χ1n) is 6.87. The lowest BCUT2D eigenvalue weighted by atomic mass is 10.0. The Morgan fingerprint density at radius 3 is 2.25 bits per heavy atom. The van der Waals surface area contributed by atoms with Gasteiger partial charge in [-0.25, -0.2) is 4.79 Å². The van der Waals surface area contributed by atoms with Crippen molar-refractivity contribution in [3.8, 4) is 5.75 Å². The molecular weight excluding hydrogens is 248 g/mol. The van der Waals surface area contributed by atoms with Crippen LogP contribution >= 0.6 is 0 Å². The molecule has 0 aliphatic heterocycles. The lowest BCUT2D eigenvalue weighted by Gasteiger charge is -2.11. The Morgan fingerprint density at radius 2 is 1.65 bits per heavy atom. The fourth-order valence-electron chi connectivity index (χ4n) is 1.93. The van der Waals surface area contributed by atoms with E-state index in [9.17, 15) is 4.79 Å². The topological polar surface area (TPSA) is 26.3 Å². The van der Waals surface area contributed by atoms with Crippen LogP contribution in [0.5, 0.6) is 5.75 Å². The van der Waals surface area contributed by atoms with E-state index in [1.807, 2.05) is 38.1 Å². The van der Waals surface area contributed by atoms with Crippen LogP contribution in [0.2, 0.25) is 0 Å². The van der Waals surface area contributed by atoms with Gasteiger partial charge < -0.3 is 4.74 Å². The highest BCUT2D eigenvalue weighted by molar-refractivity contribution is 5.91. The van der Waals surface area contributed by atoms with Gasteiger partial charge in [0.15, 0.2) is 0 Å². The molecule has 2 aromatic rings. The quantitative estimate of drug-likeness (QED) is 0.598. The summed E-state index contributed by atoms with van der Waals surface area (Å²) in [6, 6.07) is 13.4. The highest BCUT2D eigenvalue weighted by Crippen LogP contribution is 2.25. The van der Waals surface area contributed by atoms with E-state index in [1.54, 1.807) is 12.1 Å². The molecule has 2 rings (SSSR count). The second-order valence-corrected chi connectivity index (χ2v) is 5.44. The average molecular weight is 268 g/mol. The molecule has 2 aromatic carbocycles. The monoisotopic (exact) mass is 268 g/mol. The predicted octanol–water partition coefficient (Wildman–Crippen LogP) is 4.65. The van der Waals surface area contributed by atoms with Crippen molar-refractivity contribution in [3.63, 3.8) is 0 Å². The molecule has 0 radical (unpaired) electrons. The van der Waals surface area contributed by atoms with Crippen LogP contribution in [0, 0.1) is 13.8 Å². The zero-order valence-electron chi connectivity index (χ0n) is 12.4. The second kappa shape index (κ2) is 5.91. The Hall–Kier alpha value is -2.09. The lowest BCUT2D eigenvalue weighted by molar-refractivity contribution is 0.0733. The Morgan fingerprint density at radius 1 is 1.00 bits per heavy atom. The third-order valence-electron chi connectivity index (χ3n) is 3.37. The molecule has 2 nitrogen and oxygen atoms in total. The number of rotatable bonds is 3. The van der Waals surface area contributed by atoms with Gasteiger partial charge in [0.05, 0.1) is 5.56 Å². The predicted molar refractivity (Wildman–Crippen MR) is 81.4 cm³/mol. The number of ether oxygens (including phenoxy) is 1. The normalized spacial score (nSPS) is 10.7. The van der Waals surface area contributed by atoms with Gasteiger partial charge in [-0.2, -0.15) is 0 Å². The van der Waals surface area contributed by atoms with Gasteiger partial charge in [-0.1, -0.05) is 43.7 Å². The van der Waals surface area contributed by atoms with Crippen molar-refractivity contribution in [1.82, 2.24) is 0 Å². The molecule has 104 valence electrons. The third kappa shape index (κ3) is 3.27. The largest absolute Gasteiger partial charge is 0.423 e. The first-order chi connectivity index (χ1) is 9.47. The van der Waals surface area contributed by atoms with Gasteiger partial charge in [0.25, 0.3) is 0 Å². The molecule has 0 N–H and O–H groups in total. The molecule has 0 fully saturated rings. The van der Waals surface area contributed by atoms with Crippen molar-refractivity contribution >= 4 is 5.97 Å². The number of hydrogen-bond acceptors (Lipinski definition) is 2. The number of benzene rings is 2. The van der Waals surface area contributed by atoms with Crippen LogP contribution in [0.1, 0.15) is 46.8 Å². The van der Waals surface area contributed by atoms with Gasteiger partial charge in [-0.15, -0.1) is 0 Å². The van der Waals surface area contributed by atoms with E-state index < -0.39 is 0 Å². The summed E-state index contributed by atoms with van der Waals surface area (Å²) in [6.45, 7) is 8.18. The van der Waals surface area contributed by atoms with Crippen molar-refractivity contribution in [2.24, 2.45) is 0 Å². The Balaban J connectivity index is 2.23. The minimum Gasteiger partial charge on any atom is -0.423 e. The zero-order chi connectivity index (χ0) is 14.7. The number of hydrogen-bond donors (Lipinski definition) is 0. The number of carbonyl (C=O) groups excluding carboxylic acids is 1. The van der Waals surface area contributed by atoms with Gasteiger partial charge >= 0.3 is 5.97 Å². The van der Waals surface area contributed by atoms with Crippen LogP contribution < -0.4 is 4.74 Å². The molecule has 0 aliphatic carbocycles. The van der Waals surface area contributed by atoms with Crippen LogP contribution in [0.3, 0.4) is 0 Å². The first kappa shape index (κ1) is 14.3. The molecular formula is C18H20O2. The van der Waals surface area contributed by atoms with E-state index in [1.165, 1.54) is 5.56 Å². The molecule has 0 unspecified atom stereocenters. The maximum Gasteiger partial charge on any atom is 0.343 e. The van der Waals surface area contributed by atoms with Gasteiger partial charge in [-0.3, -0.25) is 0 Å². The Bertz CT molecular complexity index is 610. The molecule has 20 heavy (non-hydrogen) atoms. The molecule has 0 heterocycles. The van der Waals surface area contributed by atoms with E-state index in [2.05, 4.69) is 19.9 Å². The number of aryl methyl sites for hydroxylation is 2. The van der Waals surface area contributed by atoms with E-state index in [4.69, 9.17) is 4.74 Å². The second-order valence-electron chi connectivity index (χ2n) is 5.44. The maximum atomic E-state index is 12.1.